The zero-order valence-corrected chi connectivity index (χ0v) is 9.72. The van der Waals surface area contributed by atoms with Crippen molar-refractivity contribution in [3.05, 3.63) is 53.1 Å². The van der Waals surface area contributed by atoms with Gasteiger partial charge >= 0.3 is 0 Å². The fraction of sp³-hybridized carbons (Fsp3) is 0.0909. The van der Waals surface area contributed by atoms with Crippen molar-refractivity contribution in [1.29, 1.82) is 0 Å². The Kier molecular flexibility index (Phi) is 3.53. The van der Waals surface area contributed by atoms with Crippen molar-refractivity contribution < 1.29 is 0 Å². The number of nitrogens with two attached hydrogens (primary N) is 2. The Bertz CT molecular complexity index is 499. The quantitative estimate of drug-likeness (QED) is 0.563. The number of anilines is 1. The maximum absolute atomic E-state index is 5.87. The molecule has 0 spiro atoms. The minimum absolute atomic E-state index is 0.305. The molecule has 5 N–H and O–H groups in total. The SMILES string of the molecule is NNC(c1ccc(Cl)cn1)c1cnccc1N. The molecule has 6 heteroatoms. The molecule has 0 aromatic carbocycles. The summed E-state index contributed by atoms with van der Waals surface area (Å²) in [5.74, 6) is 5.54. The van der Waals surface area contributed by atoms with E-state index in [1.165, 1.54) is 0 Å². The Hall–Kier alpha value is -1.69. The van der Waals surface area contributed by atoms with E-state index in [9.17, 15) is 0 Å². The summed E-state index contributed by atoms with van der Waals surface area (Å²) in [5.41, 5.74) is 10.7. The fourth-order valence-corrected chi connectivity index (χ4v) is 1.66. The second kappa shape index (κ2) is 5.09. The standard InChI is InChI=1S/C11H12ClN5/c12-7-1-2-10(16-5-7)11(17-14)8-6-15-4-3-9(8)13/h1-6,11,17H,14H2,(H2,13,15). The van der Waals surface area contributed by atoms with Crippen molar-refractivity contribution in [3.8, 4) is 0 Å². The first-order chi connectivity index (χ1) is 8.22. The topological polar surface area (TPSA) is 89.8 Å². The van der Waals surface area contributed by atoms with E-state index < -0.39 is 0 Å². The highest BCUT2D eigenvalue weighted by molar-refractivity contribution is 6.30. The molecule has 0 saturated carbocycles. The smallest absolute Gasteiger partial charge is 0.0916 e. The van der Waals surface area contributed by atoms with E-state index in [-0.39, 0.29) is 6.04 Å². The third-order valence-electron chi connectivity index (χ3n) is 2.41. The lowest BCUT2D eigenvalue weighted by Gasteiger charge is -2.17. The molecule has 1 atom stereocenters. The normalized spacial score (nSPS) is 12.4. The Morgan fingerprint density at radius 3 is 2.65 bits per heavy atom. The van der Waals surface area contributed by atoms with E-state index in [0.29, 0.717) is 10.7 Å². The number of nitrogens with one attached hydrogen (secondary N) is 1. The van der Waals surface area contributed by atoms with Gasteiger partial charge in [-0.05, 0) is 18.2 Å². The maximum Gasteiger partial charge on any atom is 0.0916 e. The molecule has 1 unspecified atom stereocenters. The number of hydrogen-bond donors (Lipinski definition) is 3. The van der Waals surface area contributed by atoms with Crippen LogP contribution in [0.3, 0.4) is 0 Å². The number of pyridine rings is 2. The Morgan fingerprint density at radius 1 is 1.24 bits per heavy atom. The van der Waals surface area contributed by atoms with Crippen LogP contribution in [-0.4, -0.2) is 9.97 Å². The van der Waals surface area contributed by atoms with Gasteiger partial charge in [0.2, 0.25) is 0 Å². The van der Waals surface area contributed by atoms with Crippen LogP contribution in [0.4, 0.5) is 5.69 Å². The first-order valence-corrected chi connectivity index (χ1v) is 5.37. The summed E-state index contributed by atoms with van der Waals surface area (Å²) in [5, 5.41) is 0.573. The number of hydrazine groups is 1. The first-order valence-electron chi connectivity index (χ1n) is 4.99. The van der Waals surface area contributed by atoms with E-state index in [2.05, 4.69) is 15.4 Å². The van der Waals surface area contributed by atoms with Crippen LogP contribution >= 0.6 is 11.6 Å². The Labute approximate surface area is 104 Å². The van der Waals surface area contributed by atoms with Crippen molar-refractivity contribution >= 4 is 17.3 Å². The molecule has 88 valence electrons. The van der Waals surface area contributed by atoms with E-state index in [0.717, 1.165) is 11.3 Å². The summed E-state index contributed by atoms with van der Waals surface area (Å²) in [6.07, 6.45) is 4.85. The zero-order chi connectivity index (χ0) is 12.3. The summed E-state index contributed by atoms with van der Waals surface area (Å²) >= 11 is 5.79. The fourth-order valence-electron chi connectivity index (χ4n) is 1.55. The van der Waals surface area contributed by atoms with Gasteiger partial charge in [-0.15, -0.1) is 0 Å². The maximum atomic E-state index is 5.87. The average Bonchev–Trinajstić information content (AvgIpc) is 2.35. The summed E-state index contributed by atoms with van der Waals surface area (Å²) in [6.45, 7) is 0. The number of halogens is 1. The Balaban J connectivity index is 2.40. The predicted octanol–water partition coefficient (Wildman–Crippen LogP) is 1.26. The van der Waals surface area contributed by atoms with Crippen LogP contribution in [0.25, 0.3) is 0 Å². The number of nitrogen functional groups attached to an aromatic ring is 1. The summed E-state index contributed by atoms with van der Waals surface area (Å²) in [6, 6.07) is 4.95. The van der Waals surface area contributed by atoms with Crippen LogP contribution in [-0.2, 0) is 0 Å². The van der Waals surface area contributed by atoms with Gasteiger partial charge in [-0.3, -0.25) is 15.8 Å². The highest BCUT2D eigenvalue weighted by atomic mass is 35.5. The molecule has 0 saturated heterocycles. The van der Waals surface area contributed by atoms with Gasteiger partial charge < -0.3 is 5.73 Å². The van der Waals surface area contributed by atoms with E-state index >= 15 is 0 Å². The number of nitrogens with zero attached hydrogens (tertiary/aromatic N) is 2. The second-order valence-electron chi connectivity index (χ2n) is 3.51. The number of aromatic nitrogens is 2. The molecule has 0 aliphatic carbocycles. The monoisotopic (exact) mass is 249 g/mol. The molecule has 0 aliphatic heterocycles. The van der Waals surface area contributed by atoms with Crippen molar-refractivity contribution in [2.24, 2.45) is 5.84 Å². The Morgan fingerprint density at radius 2 is 2.06 bits per heavy atom. The molecule has 0 radical (unpaired) electrons. The van der Waals surface area contributed by atoms with E-state index in [1.807, 2.05) is 0 Å². The van der Waals surface area contributed by atoms with Crippen LogP contribution in [0, 0.1) is 0 Å². The largest absolute Gasteiger partial charge is 0.398 e. The highest BCUT2D eigenvalue weighted by Gasteiger charge is 2.16. The van der Waals surface area contributed by atoms with Gasteiger partial charge in [0, 0.05) is 29.8 Å². The molecule has 0 amide bonds. The molecule has 0 fully saturated rings. The van der Waals surface area contributed by atoms with Gasteiger partial charge in [0.25, 0.3) is 0 Å². The number of hydrogen-bond acceptors (Lipinski definition) is 5. The third-order valence-corrected chi connectivity index (χ3v) is 2.63. The molecule has 0 aliphatic rings. The van der Waals surface area contributed by atoms with E-state index in [4.69, 9.17) is 23.2 Å². The van der Waals surface area contributed by atoms with Gasteiger partial charge in [0.05, 0.1) is 16.8 Å². The average molecular weight is 250 g/mol. The highest BCUT2D eigenvalue weighted by Crippen LogP contribution is 2.24. The third kappa shape index (κ3) is 2.52. The molecule has 2 heterocycles. The minimum atomic E-state index is -0.305. The van der Waals surface area contributed by atoms with Crippen molar-refractivity contribution in [2.45, 2.75) is 6.04 Å². The van der Waals surface area contributed by atoms with Gasteiger partial charge in [0.1, 0.15) is 0 Å². The van der Waals surface area contributed by atoms with Crippen molar-refractivity contribution in [1.82, 2.24) is 15.4 Å². The molecule has 5 nitrogen and oxygen atoms in total. The predicted molar refractivity (Wildman–Crippen MR) is 67.1 cm³/mol. The van der Waals surface area contributed by atoms with Gasteiger partial charge in [-0.2, -0.15) is 0 Å². The van der Waals surface area contributed by atoms with Crippen LogP contribution in [0.5, 0.6) is 0 Å². The van der Waals surface area contributed by atoms with Crippen molar-refractivity contribution in [2.75, 3.05) is 5.73 Å². The molecule has 2 rings (SSSR count). The van der Waals surface area contributed by atoms with Crippen molar-refractivity contribution in [3.63, 3.8) is 0 Å². The van der Waals surface area contributed by atoms with Crippen LogP contribution in [0.1, 0.15) is 17.3 Å². The lowest BCUT2D eigenvalue weighted by molar-refractivity contribution is 0.620. The molecule has 0 bridgehead atoms. The zero-order valence-electron chi connectivity index (χ0n) is 8.97. The number of rotatable bonds is 3. The van der Waals surface area contributed by atoms with Crippen LogP contribution < -0.4 is 17.0 Å². The molecular weight excluding hydrogens is 238 g/mol. The minimum Gasteiger partial charge on any atom is -0.398 e. The van der Waals surface area contributed by atoms with Crippen LogP contribution in [0.15, 0.2) is 36.8 Å². The molecular formula is C11H12ClN5. The van der Waals surface area contributed by atoms with Gasteiger partial charge in [-0.25, -0.2) is 5.43 Å². The lowest BCUT2D eigenvalue weighted by Crippen LogP contribution is -2.30. The van der Waals surface area contributed by atoms with Gasteiger partial charge in [0.15, 0.2) is 0 Å². The van der Waals surface area contributed by atoms with Gasteiger partial charge in [-0.1, -0.05) is 11.6 Å². The van der Waals surface area contributed by atoms with Crippen LogP contribution in [0.2, 0.25) is 5.02 Å². The molecule has 17 heavy (non-hydrogen) atoms. The summed E-state index contributed by atoms with van der Waals surface area (Å²) in [7, 11) is 0. The van der Waals surface area contributed by atoms with E-state index in [1.54, 1.807) is 36.8 Å². The molecule has 2 aromatic heterocycles. The lowest BCUT2D eigenvalue weighted by atomic mass is 10.0. The summed E-state index contributed by atoms with van der Waals surface area (Å²) < 4.78 is 0. The summed E-state index contributed by atoms with van der Waals surface area (Å²) in [4.78, 5) is 8.24. The second-order valence-corrected chi connectivity index (χ2v) is 3.94. The molecule has 2 aromatic rings. The first kappa shape index (κ1) is 11.8.